The zero-order valence-electron chi connectivity index (χ0n) is 19.0. The van der Waals surface area contributed by atoms with Crippen molar-refractivity contribution in [3.63, 3.8) is 0 Å². The van der Waals surface area contributed by atoms with E-state index in [0.29, 0.717) is 17.0 Å². The van der Waals surface area contributed by atoms with Gasteiger partial charge in [-0.05, 0) is 61.4 Å². The third kappa shape index (κ3) is 4.55. The number of anilines is 3. The van der Waals surface area contributed by atoms with E-state index in [2.05, 4.69) is 5.32 Å². The van der Waals surface area contributed by atoms with E-state index >= 15 is 0 Å². The first-order chi connectivity index (χ1) is 16.2. The molecule has 0 aliphatic heterocycles. The number of carbonyl (C=O) groups excluding carboxylic acids is 1. The molecule has 0 fully saturated rings. The lowest BCUT2D eigenvalue weighted by Crippen LogP contribution is -2.08. The van der Waals surface area contributed by atoms with Gasteiger partial charge in [-0.25, -0.2) is 8.42 Å². The number of benzene rings is 3. The van der Waals surface area contributed by atoms with Crippen molar-refractivity contribution in [2.24, 2.45) is 0 Å². The molecule has 3 aromatic carbocycles. The van der Waals surface area contributed by atoms with Crippen LogP contribution in [0.3, 0.4) is 0 Å². The monoisotopic (exact) mass is 492 g/mol. The van der Waals surface area contributed by atoms with Gasteiger partial charge >= 0.3 is 0 Å². The van der Waals surface area contributed by atoms with Crippen LogP contribution in [0.1, 0.15) is 26.4 Å². The molecule has 0 atom stereocenters. The van der Waals surface area contributed by atoms with Crippen molar-refractivity contribution >= 4 is 43.3 Å². The van der Waals surface area contributed by atoms with E-state index in [1.165, 1.54) is 19.2 Å². The number of nitrogen functional groups attached to an aromatic ring is 1. The van der Waals surface area contributed by atoms with Crippen molar-refractivity contribution in [3.8, 4) is 5.75 Å². The smallest absolute Gasteiger partial charge is 0.211 e. The Bertz CT molecular complexity index is 1440. The number of aryl methyl sites for hydroxylation is 2. The van der Waals surface area contributed by atoms with Crippen LogP contribution >= 0.6 is 11.3 Å². The highest BCUT2D eigenvalue weighted by atomic mass is 32.2. The van der Waals surface area contributed by atoms with Crippen LogP contribution < -0.4 is 15.8 Å². The Morgan fingerprint density at radius 1 is 0.941 bits per heavy atom. The van der Waals surface area contributed by atoms with Gasteiger partial charge in [-0.1, -0.05) is 36.4 Å². The second-order valence-corrected chi connectivity index (χ2v) is 10.8. The largest absolute Gasteiger partial charge is 0.497 e. The quantitative estimate of drug-likeness (QED) is 0.318. The molecule has 1 heterocycles. The topological polar surface area (TPSA) is 98.5 Å². The van der Waals surface area contributed by atoms with Crippen LogP contribution in [0, 0.1) is 13.8 Å². The fourth-order valence-electron chi connectivity index (χ4n) is 3.72. The van der Waals surface area contributed by atoms with Gasteiger partial charge in [-0.2, -0.15) is 0 Å². The molecule has 0 saturated heterocycles. The highest BCUT2D eigenvalue weighted by molar-refractivity contribution is 7.92. The highest BCUT2D eigenvalue weighted by Crippen LogP contribution is 2.44. The molecule has 3 N–H and O–H groups in total. The van der Waals surface area contributed by atoms with Crippen molar-refractivity contribution < 1.29 is 17.9 Å². The Morgan fingerprint density at radius 3 is 2.15 bits per heavy atom. The van der Waals surface area contributed by atoms with Gasteiger partial charge in [0, 0.05) is 11.3 Å². The van der Waals surface area contributed by atoms with Gasteiger partial charge in [0.15, 0.2) is 0 Å². The molecule has 1 aromatic heterocycles. The molecule has 0 radical (unpaired) electrons. The number of sulfone groups is 1. The molecule has 0 unspecified atom stereocenters. The zero-order chi connectivity index (χ0) is 24.5. The predicted molar refractivity (Wildman–Crippen MR) is 136 cm³/mol. The van der Waals surface area contributed by atoms with Gasteiger partial charge in [0.25, 0.3) is 0 Å². The summed E-state index contributed by atoms with van der Waals surface area (Å²) in [6.45, 7) is 3.92. The van der Waals surface area contributed by atoms with Crippen LogP contribution in [0.25, 0.3) is 0 Å². The van der Waals surface area contributed by atoms with E-state index in [4.69, 9.17) is 10.5 Å². The summed E-state index contributed by atoms with van der Waals surface area (Å²) in [5.74, 6) is 0.202. The highest BCUT2D eigenvalue weighted by Gasteiger charge is 2.31. The van der Waals surface area contributed by atoms with E-state index in [0.717, 1.165) is 22.5 Å². The van der Waals surface area contributed by atoms with E-state index in [9.17, 15) is 13.2 Å². The summed E-state index contributed by atoms with van der Waals surface area (Å²) in [5, 5.41) is 3.49. The molecule has 4 rings (SSSR count). The summed E-state index contributed by atoms with van der Waals surface area (Å²) < 4.78 is 32.6. The lowest BCUT2D eigenvalue weighted by atomic mass is 10.1. The first-order valence-corrected chi connectivity index (χ1v) is 12.8. The molecule has 8 heteroatoms. The Morgan fingerprint density at radius 2 is 1.56 bits per heavy atom. The summed E-state index contributed by atoms with van der Waals surface area (Å²) >= 11 is 1.04. The minimum Gasteiger partial charge on any atom is -0.497 e. The van der Waals surface area contributed by atoms with Crippen molar-refractivity contribution in [1.29, 1.82) is 0 Å². The van der Waals surface area contributed by atoms with Crippen LogP contribution in [0.4, 0.5) is 16.4 Å². The van der Waals surface area contributed by atoms with Crippen molar-refractivity contribution in [1.82, 2.24) is 0 Å². The van der Waals surface area contributed by atoms with Gasteiger partial charge in [0.05, 0.1) is 17.7 Å². The molecule has 174 valence electrons. The first kappa shape index (κ1) is 23.5. The minimum atomic E-state index is -4.05. The normalized spacial score (nSPS) is 11.3. The summed E-state index contributed by atoms with van der Waals surface area (Å²) in [7, 11) is -2.54. The summed E-state index contributed by atoms with van der Waals surface area (Å²) in [5.41, 5.74) is 9.50. The fourth-order valence-corrected chi connectivity index (χ4v) is 6.65. The summed E-state index contributed by atoms with van der Waals surface area (Å²) in [4.78, 5) is 13.3. The van der Waals surface area contributed by atoms with Crippen LogP contribution in [-0.4, -0.2) is 21.3 Å². The van der Waals surface area contributed by atoms with Gasteiger partial charge in [0.2, 0.25) is 15.6 Å². The van der Waals surface area contributed by atoms with E-state index in [1.54, 1.807) is 42.5 Å². The lowest BCUT2D eigenvalue weighted by Gasteiger charge is -2.11. The van der Waals surface area contributed by atoms with Gasteiger partial charge in [0.1, 0.15) is 20.5 Å². The standard InChI is InChI=1S/C26H24N2O4S2/c1-16-13-17(2)15-19(14-16)28-26-25(34(30,31)21-11-9-20(32-3)10-12-21)22(27)24(33-26)23(29)18-7-5-4-6-8-18/h4-15,28H,27H2,1-3H3. The molecular formula is C26H24N2O4S2. The molecular weight excluding hydrogens is 468 g/mol. The van der Waals surface area contributed by atoms with E-state index < -0.39 is 9.84 Å². The average Bonchev–Trinajstić information content (AvgIpc) is 3.14. The number of carbonyl (C=O) groups is 1. The van der Waals surface area contributed by atoms with Crippen LogP contribution in [0.15, 0.2) is 82.6 Å². The zero-order valence-corrected chi connectivity index (χ0v) is 20.6. The maximum atomic E-state index is 13.7. The molecule has 0 amide bonds. The Balaban J connectivity index is 1.88. The van der Waals surface area contributed by atoms with Gasteiger partial charge < -0.3 is 15.8 Å². The predicted octanol–water partition coefficient (Wildman–Crippen LogP) is 5.76. The second-order valence-electron chi connectivity index (χ2n) is 7.88. The summed E-state index contributed by atoms with van der Waals surface area (Å²) in [6, 6.07) is 20.6. The SMILES string of the molecule is COc1ccc(S(=O)(=O)c2c(Nc3cc(C)cc(C)c3)sc(C(=O)c3ccccc3)c2N)cc1. The molecule has 4 aromatic rings. The average molecular weight is 493 g/mol. The maximum Gasteiger partial charge on any atom is 0.211 e. The number of thiophene rings is 1. The maximum absolute atomic E-state index is 13.7. The molecule has 34 heavy (non-hydrogen) atoms. The second kappa shape index (κ2) is 9.32. The van der Waals surface area contributed by atoms with E-state index in [1.807, 2.05) is 32.0 Å². The van der Waals surface area contributed by atoms with Crippen molar-refractivity contribution in [2.75, 3.05) is 18.2 Å². The number of ketones is 1. The number of rotatable bonds is 7. The van der Waals surface area contributed by atoms with Crippen molar-refractivity contribution in [3.05, 3.63) is 94.4 Å². The third-order valence-electron chi connectivity index (χ3n) is 5.26. The minimum absolute atomic E-state index is 0.0555. The first-order valence-electron chi connectivity index (χ1n) is 10.5. The van der Waals surface area contributed by atoms with Crippen LogP contribution in [0.2, 0.25) is 0 Å². The molecule has 0 aliphatic rings. The number of nitrogens with one attached hydrogen (secondary N) is 1. The summed E-state index contributed by atoms with van der Waals surface area (Å²) in [6.07, 6.45) is 0. The number of methoxy groups -OCH3 is 1. The molecule has 6 nitrogen and oxygen atoms in total. The molecule has 0 bridgehead atoms. The van der Waals surface area contributed by atoms with Crippen LogP contribution in [0.5, 0.6) is 5.75 Å². The number of nitrogens with two attached hydrogens (primary N) is 1. The Hall–Kier alpha value is -3.62. The number of hydrogen-bond donors (Lipinski definition) is 2. The van der Waals surface area contributed by atoms with E-state index in [-0.39, 0.29) is 31.1 Å². The van der Waals surface area contributed by atoms with Crippen molar-refractivity contribution in [2.45, 2.75) is 23.6 Å². The molecule has 0 spiro atoms. The molecule has 0 saturated carbocycles. The number of hydrogen-bond acceptors (Lipinski definition) is 7. The lowest BCUT2D eigenvalue weighted by molar-refractivity contribution is 0.104. The molecule has 0 aliphatic carbocycles. The number of ether oxygens (including phenoxy) is 1. The fraction of sp³-hybridized carbons (Fsp3) is 0.115. The third-order valence-corrected chi connectivity index (χ3v) is 8.36. The van der Waals surface area contributed by atoms with Gasteiger partial charge in [-0.15, -0.1) is 11.3 Å². The van der Waals surface area contributed by atoms with Crippen LogP contribution in [-0.2, 0) is 9.84 Å². The van der Waals surface area contributed by atoms with Gasteiger partial charge in [-0.3, -0.25) is 4.79 Å². The Kier molecular flexibility index (Phi) is 6.45. The Labute approximate surface area is 202 Å².